The number of hydrogen-bond donors (Lipinski definition) is 1. The van der Waals surface area contributed by atoms with E-state index in [9.17, 15) is 9.59 Å². The Bertz CT molecular complexity index is 1010. The third-order valence-corrected chi connectivity index (χ3v) is 4.16. The van der Waals surface area contributed by atoms with Gasteiger partial charge >= 0.3 is 5.97 Å². The van der Waals surface area contributed by atoms with Gasteiger partial charge in [-0.3, -0.25) is 4.79 Å². The van der Waals surface area contributed by atoms with Gasteiger partial charge in [-0.25, -0.2) is 9.79 Å². The Labute approximate surface area is 174 Å². The lowest BCUT2D eigenvalue weighted by molar-refractivity contribution is -0.130. The number of aliphatic imine (C=N–C) groups is 1. The number of methoxy groups -OCH3 is 2. The lowest BCUT2D eigenvalue weighted by Crippen LogP contribution is -2.28. The monoisotopic (exact) mass is 410 g/mol. The molecule has 1 N–H and O–H groups in total. The van der Waals surface area contributed by atoms with Crippen molar-refractivity contribution >= 4 is 23.9 Å². The summed E-state index contributed by atoms with van der Waals surface area (Å²) in [5, 5.41) is 2.65. The fraction of sp³-hybridized carbons (Fsp3) is 0.227. The summed E-state index contributed by atoms with van der Waals surface area (Å²) in [4.78, 5) is 28.1. The van der Waals surface area contributed by atoms with Crippen molar-refractivity contribution in [3.8, 4) is 17.2 Å². The summed E-state index contributed by atoms with van der Waals surface area (Å²) in [5.41, 5.74) is 1.46. The summed E-state index contributed by atoms with van der Waals surface area (Å²) in [5.74, 6) is 0.912. The maximum Gasteiger partial charge on any atom is 0.363 e. The van der Waals surface area contributed by atoms with Crippen LogP contribution in [0.1, 0.15) is 18.1 Å². The smallest absolute Gasteiger partial charge is 0.363 e. The van der Waals surface area contributed by atoms with E-state index in [1.165, 1.54) is 7.11 Å². The molecule has 30 heavy (non-hydrogen) atoms. The molecule has 0 spiro atoms. The van der Waals surface area contributed by atoms with Crippen LogP contribution in [0.5, 0.6) is 17.2 Å². The molecule has 8 heteroatoms. The van der Waals surface area contributed by atoms with Crippen LogP contribution in [0.2, 0.25) is 0 Å². The first-order valence-electron chi connectivity index (χ1n) is 9.28. The van der Waals surface area contributed by atoms with E-state index in [-0.39, 0.29) is 24.1 Å². The van der Waals surface area contributed by atoms with Crippen LogP contribution in [0.3, 0.4) is 0 Å². The number of rotatable bonds is 8. The summed E-state index contributed by atoms with van der Waals surface area (Å²) in [6.07, 6.45) is 1.59. The van der Waals surface area contributed by atoms with Gasteiger partial charge in [0.15, 0.2) is 23.8 Å². The van der Waals surface area contributed by atoms with Gasteiger partial charge in [-0.15, -0.1) is 0 Å². The molecule has 1 heterocycles. The van der Waals surface area contributed by atoms with E-state index in [1.807, 2.05) is 6.92 Å². The molecule has 0 atom stereocenters. The topological polar surface area (TPSA) is 95.5 Å². The van der Waals surface area contributed by atoms with Crippen molar-refractivity contribution in [3.05, 3.63) is 59.3 Å². The molecule has 156 valence electrons. The average molecular weight is 410 g/mol. The van der Waals surface area contributed by atoms with E-state index in [0.29, 0.717) is 34.9 Å². The maximum absolute atomic E-state index is 12.2. The molecule has 0 saturated heterocycles. The van der Waals surface area contributed by atoms with E-state index < -0.39 is 5.97 Å². The average Bonchev–Trinajstić information content (AvgIpc) is 3.13. The van der Waals surface area contributed by atoms with Crippen molar-refractivity contribution in [1.29, 1.82) is 0 Å². The number of nitrogens with zero attached hydrogens (tertiary/aromatic N) is 1. The molecule has 1 aliphatic rings. The van der Waals surface area contributed by atoms with Crippen molar-refractivity contribution in [3.63, 3.8) is 0 Å². The minimum absolute atomic E-state index is 0.120. The van der Waals surface area contributed by atoms with Gasteiger partial charge in [-0.2, -0.15) is 0 Å². The van der Waals surface area contributed by atoms with Gasteiger partial charge < -0.3 is 24.3 Å². The lowest BCUT2D eigenvalue weighted by atomic mass is 10.1. The Morgan fingerprint density at radius 1 is 1.13 bits per heavy atom. The Kier molecular flexibility index (Phi) is 6.69. The second kappa shape index (κ2) is 9.60. The molecular weight excluding hydrogens is 388 g/mol. The number of carbonyl (C=O) groups excluding carboxylic acids is 2. The van der Waals surface area contributed by atoms with Crippen molar-refractivity contribution in [2.45, 2.75) is 6.92 Å². The van der Waals surface area contributed by atoms with E-state index in [4.69, 9.17) is 18.9 Å². The van der Waals surface area contributed by atoms with Crippen LogP contribution < -0.4 is 19.5 Å². The largest absolute Gasteiger partial charge is 0.497 e. The Morgan fingerprint density at radius 3 is 2.70 bits per heavy atom. The molecule has 8 nitrogen and oxygen atoms in total. The number of likely N-dealkylation sites (N-methyl/N-ethyl adjacent to an activating group) is 1. The summed E-state index contributed by atoms with van der Waals surface area (Å²) >= 11 is 0. The highest BCUT2D eigenvalue weighted by Gasteiger charge is 2.24. The zero-order valence-corrected chi connectivity index (χ0v) is 16.9. The molecule has 1 amide bonds. The first-order valence-corrected chi connectivity index (χ1v) is 9.28. The Hall–Kier alpha value is -3.81. The van der Waals surface area contributed by atoms with Crippen LogP contribution in [-0.2, 0) is 14.3 Å². The molecule has 2 aromatic carbocycles. The van der Waals surface area contributed by atoms with E-state index >= 15 is 0 Å². The summed E-state index contributed by atoms with van der Waals surface area (Å²) in [7, 11) is 3.05. The fourth-order valence-electron chi connectivity index (χ4n) is 2.73. The van der Waals surface area contributed by atoms with Gasteiger partial charge in [0.1, 0.15) is 5.75 Å². The van der Waals surface area contributed by atoms with Gasteiger partial charge in [-0.1, -0.05) is 12.1 Å². The first kappa shape index (κ1) is 20.9. The van der Waals surface area contributed by atoms with Crippen LogP contribution in [-0.4, -0.2) is 45.1 Å². The van der Waals surface area contributed by atoms with Crippen molar-refractivity contribution in [2.75, 3.05) is 27.4 Å². The molecule has 0 unspecified atom stereocenters. The minimum atomic E-state index is -0.552. The third-order valence-electron chi connectivity index (χ3n) is 4.16. The van der Waals surface area contributed by atoms with Crippen LogP contribution >= 0.6 is 0 Å². The van der Waals surface area contributed by atoms with Gasteiger partial charge in [0.05, 0.1) is 14.2 Å². The molecule has 2 aromatic rings. The Morgan fingerprint density at radius 2 is 1.97 bits per heavy atom. The third kappa shape index (κ3) is 4.96. The fourth-order valence-corrected chi connectivity index (χ4v) is 2.73. The van der Waals surface area contributed by atoms with Crippen molar-refractivity contribution in [2.24, 2.45) is 4.99 Å². The molecule has 3 rings (SSSR count). The van der Waals surface area contributed by atoms with Crippen LogP contribution in [0, 0.1) is 0 Å². The predicted molar refractivity (Wildman–Crippen MR) is 111 cm³/mol. The SMILES string of the molecule is CCNC(=O)COc1ccc(/C=C2\N=C(c3cccc(OC)c3)OC2=O)cc1OC. The molecule has 0 aromatic heterocycles. The first-order chi connectivity index (χ1) is 14.5. The number of benzene rings is 2. The lowest BCUT2D eigenvalue weighted by Gasteiger charge is -2.11. The highest BCUT2D eigenvalue weighted by Crippen LogP contribution is 2.30. The normalized spacial score (nSPS) is 14.2. The van der Waals surface area contributed by atoms with Gasteiger partial charge in [0.2, 0.25) is 5.90 Å². The standard InChI is InChI=1S/C22H22N2O6/c1-4-23-20(25)13-29-18-9-8-14(11-19(18)28-3)10-17-22(26)30-21(24-17)15-6-5-7-16(12-15)27-2/h5-12H,4,13H2,1-3H3,(H,23,25)/b17-10-. The minimum Gasteiger partial charge on any atom is -0.497 e. The second-order valence-electron chi connectivity index (χ2n) is 6.22. The maximum atomic E-state index is 12.2. The summed E-state index contributed by atoms with van der Waals surface area (Å²) in [6, 6.07) is 12.2. The number of nitrogens with one attached hydrogen (secondary N) is 1. The second-order valence-corrected chi connectivity index (χ2v) is 6.22. The molecule has 0 fully saturated rings. The van der Waals surface area contributed by atoms with E-state index in [1.54, 1.807) is 55.7 Å². The number of hydrogen-bond acceptors (Lipinski definition) is 7. The van der Waals surface area contributed by atoms with Gasteiger partial charge in [-0.05, 0) is 48.9 Å². The number of esters is 1. The zero-order chi connectivity index (χ0) is 21.5. The van der Waals surface area contributed by atoms with E-state index in [2.05, 4.69) is 10.3 Å². The molecule has 0 bridgehead atoms. The molecule has 0 radical (unpaired) electrons. The van der Waals surface area contributed by atoms with Crippen LogP contribution in [0.4, 0.5) is 0 Å². The molecule has 0 aliphatic carbocycles. The highest BCUT2D eigenvalue weighted by molar-refractivity contribution is 6.13. The van der Waals surface area contributed by atoms with Crippen LogP contribution in [0.25, 0.3) is 6.08 Å². The molecule has 0 saturated carbocycles. The quantitative estimate of drug-likeness (QED) is 0.531. The van der Waals surface area contributed by atoms with Gasteiger partial charge in [0, 0.05) is 12.1 Å². The highest BCUT2D eigenvalue weighted by atomic mass is 16.6. The van der Waals surface area contributed by atoms with Crippen LogP contribution in [0.15, 0.2) is 53.2 Å². The number of amides is 1. The Balaban J connectivity index is 1.80. The summed E-state index contributed by atoms with van der Waals surface area (Å²) in [6.45, 7) is 2.24. The van der Waals surface area contributed by atoms with E-state index in [0.717, 1.165) is 0 Å². The van der Waals surface area contributed by atoms with Crippen molar-refractivity contribution in [1.82, 2.24) is 5.32 Å². The number of ether oxygens (including phenoxy) is 4. The summed E-state index contributed by atoms with van der Waals surface area (Å²) < 4.78 is 21.3. The number of carbonyl (C=O) groups is 2. The van der Waals surface area contributed by atoms with Gasteiger partial charge in [0.25, 0.3) is 5.91 Å². The predicted octanol–water partition coefficient (Wildman–Crippen LogP) is 2.56. The zero-order valence-electron chi connectivity index (χ0n) is 16.9. The number of cyclic esters (lactones) is 1. The molecular formula is C22H22N2O6. The molecule has 1 aliphatic heterocycles. The van der Waals surface area contributed by atoms with Crippen molar-refractivity contribution < 1.29 is 28.5 Å².